The van der Waals surface area contributed by atoms with Gasteiger partial charge in [0.15, 0.2) is 0 Å². The summed E-state index contributed by atoms with van der Waals surface area (Å²) in [6.45, 7) is 0.885. The molecule has 0 amide bonds. The quantitative estimate of drug-likeness (QED) is 0.852. The Morgan fingerprint density at radius 2 is 2.00 bits per heavy atom. The number of halogens is 2. The molecule has 2 N–H and O–H groups in total. The monoisotopic (exact) mass is 241 g/mol. The third kappa shape index (κ3) is 3.01. The summed E-state index contributed by atoms with van der Waals surface area (Å²) in [5.74, 6) is 0. The summed E-state index contributed by atoms with van der Waals surface area (Å²) in [6.07, 6.45) is -0.112. The molecule has 1 saturated heterocycles. The Bertz CT molecular complexity index is 364. The minimum atomic E-state index is -2.48. The van der Waals surface area contributed by atoms with Crippen LogP contribution in [0.1, 0.15) is 42.9 Å². The van der Waals surface area contributed by atoms with Crippen LogP contribution in [0.5, 0.6) is 0 Å². The van der Waals surface area contributed by atoms with Gasteiger partial charge >= 0.3 is 0 Å². The molecule has 1 aromatic rings. The molecule has 4 heteroatoms. The van der Waals surface area contributed by atoms with Gasteiger partial charge in [-0.2, -0.15) is 0 Å². The van der Waals surface area contributed by atoms with Crippen LogP contribution in [-0.2, 0) is 0 Å². The number of hydrogen-bond acceptors (Lipinski definition) is 2. The first-order valence-electron chi connectivity index (χ1n) is 5.98. The molecule has 0 bridgehead atoms. The van der Waals surface area contributed by atoms with Crippen LogP contribution in [0.3, 0.4) is 0 Å². The molecule has 2 rings (SSSR count). The van der Waals surface area contributed by atoms with E-state index in [-0.39, 0.29) is 11.6 Å². The predicted molar refractivity (Wildman–Crippen MR) is 62.0 cm³/mol. The van der Waals surface area contributed by atoms with Crippen molar-refractivity contribution in [1.29, 1.82) is 0 Å². The fourth-order valence-corrected chi connectivity index (χ4v) is 2.26. The van der Waals surface area contributed by atoms with Crippen molar-refractivity contribution in [1.82, 2.24) is 5.32 Å². The Labute approximate surface area is 99.7 Å². The van der Waals surface area contributed by atoms with Gasteiger partial charge in [-0.05, 0) is 31.0 Å². The van der Waals surface area contributed by atoms with Gasteiger partial charge in [-0.25, -0.2) is 8.78 Å². The Morgan fingerprint density at radius 3 is 2.65 bits per heavy atom. The van der Waals surface area contributed by atoms with Crippen molar-refractivity contribution in [2.75, 3.05) is 6.54 Å². The van der Waals surface area contributed by atoms with Crippen molar-refractivity contribution >= 4 is 0 Å². The van der Waals surface area contributed by atoms with Crippen molar-refractivity contribution in [3.8, 4) is 0 Å². The number of hydrogen-bond donors (Lipinski definition) is 2. The molecule has 0 saturated carbocycles. The summed E-state index contributed by atoms with van der Waals surface area (Å²) in [7, 11) is 0. The maximum absolute atomic E-state index is 12.6. The van der Waals surface area contributed by atoms with Gasteiger partial charge < -0.3 is 10.4 Å². The topological polar surface area (TPSA) is 32.3 Å². The first-order chi connectivity index (χ1) is 8.18. The normalized spacial score (nSPS) is 22.7. The molecule has 1 aromatic carbocycles. The first kappa shape index (κ1) is 12.5. The van der Waals surface area contributed by atoms with Crippen LogP contribution in [0.2, 0.25) is 0 Å². The second-order valence-electron chi connectivity index (χ2n) is 4.47. The van der Waals surface area contributed by atoms with Gasteiger partial charge in [-0.3, -0.25) is 0 Å². The van der Waals surface area contributed by atoms with Crippen LogP contribution < -0.4 is 5.32 Å². The summed E-state index contributed by atoms with van der Waals surface area (Å²) in [5.41, 5.74) is 0.541. The van der Waals surface area contributed by atoms with E-state index in [9.17, 15) is 13.9 Å². The van der Waals surface area contributed by atoms with Crippen molar-refractivity contribution in [3.05, 3.63) is 35.4 Å². The number of nitrogens with one attached hydrogen (secondary N) is 1. The SMILES string of the molecule is OC(c1cccc(C(F)F)c1)C1CCCCN1. The smallest absolute Gasteiger partial charge is 0.263 e. The van der Waals surface area contributed by atoms with E-state index < -0.39 is 12.5 Å². The molecule has 2 nitrogen and oxygen atoms in total. The van der Waals surface area contributed by atoms with E-state index in [0.717, 1.165) is 25.8 Å². The van der Waals surface area contributed by atoms with Crippen LogP contribution in [0, 0.1) is 0 Å². The lowest BCUT2D eigenvalue weighted by Gasteiger charge is -2.28. The van der Waals surface area contributed by atoms with Crippen LogP contribution in [0.15, 0.2) is 24.3 Å². The van der Waals surface area contributed by atoms with Gasteiger partial charge in [0.25, 0.3) is 6.43 Å². The van der Waals surface area contributed by atoms with Gasteiger partial charge in [0.2, 0.25) is 0 Å². The second-order valence-corrected chi connectivity index (χ2v) is 4.47. The standard InChI is InChI=1S/C13H17F2NO/c14-13(15)10-5-3-4-9(8-10)12(17)11-6-1-2-7-16-11/h3-5,8,11-13,16-17H,1-2,6-7H2. The highest BCUT2D eigenvalue weighted by Gasteiger charge is 2.23. The molecule has 0 aliphatic carbocycles. The Hall–Kier alpha value is -1.00. The fraction of sp³-hybridized carbons (Fsp3) is 0.538. The largest absolute Gasteiger partial charge is 0.387 e. The highest BCUT2D eigenvalue weighted by molar-refractivity contribution is 5.27. The summed E-state index contributed by atoms with van der Waals surface area (Å²) < 4.78 is 25.1. The van der Waals surface area contributed by atoms with Crippen molar-refractivity contribution in [3.63, 3.8) is 0 Å². The minimum Gasteiger partial charge on any atom is -0.387 e. The number of alkyl halides is 2. The zero-order chi connectivity index (χ0) is 12.3. The lowest BCUT2D eigenvalue weighted by molar-refractivity contribution is 0.113. The third-order valence-corrected chi connectivity index (χ3v) is 3.23. The molecule has 0 radical (unpaired) electrons. The maximum Gasteiger partial charge on any atom is 0.263 e. The van der Waals surface area contributed by atoms with Crippen LogP contribution in [0.25, 0.3) is 0 Å². The van der Waals surface area contributed by atoms with Gasteiger partial charge in [0, 0.05) is 11.6 Å². The average molecular weight is 241 g/mol. The molecular weight excluding hydrogens is 224 g/mol. The van der Waals surface area contributed by atoms with Crippen LogP contribution >= 0.6 is 0 Å². The van der Waals surface area contributed by atoms with E-state index in [4.69, 9.17) is 0 Å². The van der Waals surface area contributed by atoms with Crippen molar-refractivity contribution in [2.24, 2.45) is 0 Å². The van der Waals surface area contributed by atoms with E-state index in [1.165, 1.54) is 12.1 Å². The molecule has 1 aliphatic rings. The van der Waals surface area contributed by atoms with Crippen molar-refractivity contribution in [2.45, 2.75) is 37.8 Å². The summed E-state index contributed by atoms with van der Waals surface area (Å²) in [4.78, 5) is 0. The zero-order valence-electron chi connectivity index (χ0n) is 9.57. The second kappa shape index (κ2) is 5.56. The number of piperidine rings is 1. The molecule has 1 heterocycles. The number of aliphatic hydroxyl groups excluding tert-OH is 1. The molecule has 2 atom stereocenters. The molecule has 2 unspecified atom stereocenters. The predicted octanol–water partition coefficient (Wildman–Crippen LogP) is 2.80. The molecule has 0 spiro atoms. The minimum absolute atomic E-state index is 0.0170. The molecule has 1 aliphatic heterocycles. The van der Waals surface area contributed by atoms with Gasteiger partial charge in [-0.15, -0.1) is 0 Å². The van der Waals surface area contributed by atoms with E-state index in [1.54, 1.807) is 12.1 Å². The molecule has 17 heavy (non-hydrogen) atoms. The number of rotatable bonds is 3. The Balaban J connectivity index is 2.12. The van der Waals surface area contributed by atoms with Gasteiger partial charge in [0.1, 0.15) is 0 Å². The highest BCUT2D eigenvalue weighted by atomic mass is 19.3. The number of aliphatic hydroxyl groups is 1. The lowest BCUT2D eigenvalue weighted by atomic mass is 9.94. The highest BCUT2D eigenvalue weighted by Crippen LogP contribution is 2.26. The summed E-state index contributed by atoms with van der Waals surface area (Å²) in [5, 5.41) is 13.4. The van der Waals surface area contributed by atoms with Gasteiger partial charge in [0.05, 0.1) is 6.10 Å². The van der Waals surface area contributed by atoms with E-state index in [1.807, 2.05) is 0 Å². The van der Waals surface area contributed by atoms with E-state index >= 15 is 0 Å². The van der Waals surface area contributed by atoms with E-state index in [0.29, 0.717) is 5.56 Å². The molecule has 94 valence electrons. The Kier molecular flexibility index (Phi) is 4.07. The summed E-state index contributed by atoms with van der Waals surface area (Å²) in [6, 6.07) is 6.04. The maximum atomic E-state index is 12.6. The van der Waals surface area contributed by atoms with Crippen LogP contribution in [-0.4, -0.2) is 17.7 Å². The van der Waals surface area contributed by atoms with Gasteiger partial charge in [-0.1, -0.05) is 24.6 Å². The zero-order valence-corrected chi connectivity index (χ0v) is 9.57. The fourth-order valence-electron chi connectivity index (χ4n) is 2.26. The Morgan fingerprint density at radius 1 is 1.24 bits per heavy atom. The number of benzene rings is 1. The van der Waals surface area contributed by atoms with E-state index in [2.05, 4.69) is 5.32 Å². The van der Waals surface area contributed by atoms with Crippen molar-refractivity contribution < 1.29 is 13.9 Å². The summed E-state index contributed by atoms with van der Waals surface area (Å²) >= 11 is 0. The molecule has 0 aromatic heterocycles. The molecule has 1 fully saturated rings. The first-order valence-corrected chi connectivity index (χ1v) is 5.98. The van der Waals surface area contributed by atoms with Crippen LogP contribution in [0.4, 0.5) is 8.78 Å². The molecular formula is C13H17F2NO. The third-order valence-electron chi connectivity index (χ3n) is 3.23. The average Bonchev–Trinajstić information content (AvgIpc) is 2.39. The lowest BCUT2D eigenvalue weighted by Crippen LogP contribution is -2.38.